The highest BCUT2D eigenvalue weighted by Crippen LogP contribution is 2.38. The van der Waals surface area contributed by atoms with Crippen molar-refractivity contribution in [2.45, 2.75) is 31.7 Å². The molecule has 0 aromatic heterocycles. The normalized spacial score (nSPS) is 12.0. The lowest BCUT2D eigenvalue weighted by Gasteiger charge is -2.32. The van der Waals surface area contributed by atoms with Gasteiger partial charge in [-0.1, -0.05) is 35.4 Å². The van der Waals surface area contributed by atoms with Crippen LogP contribution in [0.15, 0.2) is 83.3 Å². The van der Waals surface area contributed by atoms with E-state index in [0.29, 0.717) is 16.3 Å². The number of allylic oxidation sites excluding steroid dienone is 1. The third kappa shape index (κ3) is 6.90. The molecular formula is C28H29ClF2N2O4S. The van der Waals surface area contributed by atoms with Crippen molar-refractivity contribution in [2.75, 3.05) is 24.5 Å². The summed E-state index contributed by atoms with van der Waals surface area (Å²) in [6.07, 6.45) is 1.52. The Balaban J connectivity index is 2.00. The number of ether oxygens (including phenoxy) is 1. The largest absolute Gasteiger partial charge is 0.491 e. The van der Waals surface area contributed by atoms with Gasteiger partial charge in [-0.15, -0.1) is 0 Å². The van der Waals surface area contributed by atoms with Gasteiger partial charge in [-0.2, -0.15) is 0 Å². The Hall–Kier alpha value is -3.43. The molecule has 0 saturated carbocycles. The molecule has 1 unspecified atom stereocenters. The van der Waals surface area contributed by atoms with Crippen LogP contribution >= 0.6 is 11.6 Å². The molecule has 0 saturated heterocycles. The number of rotatable bonds is 10. The molecule has 0 heterocycles. The summed E-state index contributed by atoms with van der Waals surface area (Å²) >= 11 is 5.94. The van der Waals surface area contributed by atoms with Crippen LogP contribution in [0, 0.1) is 11.6 Å². The molecule has 3 aromatic rings. The Bertz CT molecular complexity index is 1430. The van der Waals surface area contributed by atoms with E-state index in [1.807, 2.05) is 13.8 Å². The summed E-state index contributed by atoms with van der Waals surface area (Å²) in [7, 11) is -2.73. The fraction of sp³-hybridized carbons (Fsp3) is 0.250. The van der Waals surface area contributed by atoms with Crippen molar-refractivity contribution in [1.82, 2.24) is 4.90 Å². The zero-order valence-electron chi connectivity index (χ0n) is 21.5. The van der Waals surface area contributed by atoms with E-state index in [0.717, 1.165) is 28.1 Å². The van der Waals surface area contributed by atoms with Gasteiger partial charge in [0.2, 0.25) is 5.91 Å². The van der Waals surface area contributed by atoms with Gasteiger partial charge in [-0.05, 0) is 63.2 Å². The minimum atomic E-state index is -4.38. The summed E-state index contributed by atoms with van der Waals surface area (Å²) < 4.78 is 63.6. The monoisotopic (exact) mass is 562 g/mol. The van der Waals surface area contributed by atoms with E-state index in [1.54, 1.807) is 38.2 Å². The van der Waals surface area contributed by atoms with Crippen LogP contribution < -0.4 is 9.04 Å². The van der Waals surface area contributed by atoms with Crippen molar-refractivity contribution in [1.29, 1.82) is 0 Å². The van der Waals surface area contributed by atoms with Gasteiger partial charge >= 0.3 is 0 Å². The Morgan fingerprint density at radius 2 is 1.71 bits per heavy atom. The SMILES string of the molecule is CC(C)=CC(=O)N(C)CCOc1ccccc1C(C)N(c1cc(F)ccc1F)S(=O)(=O)c1ccc(Cl)cc1. The number of halogens is 3. The van der Waals surface area contributed by atoms with Gasteiger partial charge in [-0.25, -0.2) is 17.2 Å². The van der Waals surface area contributed by atoms with Gasteiger partial charge in [0.25, 0.3) is 10.0 Å². The van der Waals surface area contributed by atoms with Crippen molar-refractivity contribution in [3.8, 4) is 5.75 Å². The van der Waals surface area contributed by atoms with Gasteiger partial charge < -0.3 is 9.64 Å². The van der Waals surface area contributed by atoms with Crippen molar-refractivity contribution >= 4 is 33.2 Å². The van der Waals surface area contributed by atoms with E-state index in [1.165, 1.54) is 35.2 Å². The lowest BCUT2D eigenvalue weighted by Crippen LogP contribution is -2.35. The van der Waals surface area contributed by atoms with E-state index in [9.17, 15) is 22.0 Å². The maximum atomic E-state index is 15.0. The number of hydrogen-bond donors (Lipinski definition) is 0. The lowest BCUT2D eigenvalue weighted by atomic mass is 10.1. The molecule has 0 radical (unpaired) electrons. The molecule has 1 amide bonds. The van der Waals surface area contributed by atoms with Crippen LogP contribution in [-0.4, -0.2) is 39.4 Å². The second kappa shape index (κ2) is 12.4. The maximum Gasteiger partial charge on any atom is 0.264 e. The fourth-order valence-corrected chi connectivity index (χ4v) is 5.53. The summed E-state index contributed by atoms with van der Waals surface area (Å²) in [6, 6.07) is 13.8. The standard InChI is InChI=1S/C28H29ClF2N2O4S/c1-19(2)17-28(34)32(4)15-16-37-27-8-6-5-7-24(27)20(3)33(26-18-22(30)11-14-25(26)31)38(35,36)23-12-9-21(29)10-13-23/h5-14,17-18,20H,15-16H2,1-4H3. The topological polar surface area (TPSA) is 66.9 Å². The molecule has 3 rings (SSSR count). The Kier molecular flexibility index (Phi) is 9.51. The average molecular weight is 563 g/mol. The van der Waals surface area contributed by atoms with Crippen LogP contribution in [0.1, 0.15) is 32.4 Å². The van der Waals surface area contributed by atoms with Crippen LogP contribution in [0.3, 0.4) is 0 Å². The minimum Gasteiger partial charge on any atom is -0.491 e. The summed E-state index contributed by atoms with van der Waals surface area (Å²) in [5.41, 5.74) is 0.842. The molecule has 0 N–H and O–H groups in total. The van der Waals surface area contributed by atoms with E-state index in [2.05, 4.69) is 0 Å². The van der Waals surface area contributed by atoms with Gasteiger partial charge in [-0.3, -0.25) is 9.10 Å². The first-order chi connectivity index (χ1) is 17.9. The van der Waals surface area contributed by atoms with Crippen LogP contribution in [0.5, 0.6) is 5.75 Å². The van der Waals surface area contributed by atoms with Gasteiger partial charge in [0.1, 0.15) is 24.0 Å². The number of hydrogen-bond acceptors (Lipinski definition) is 4. The van der Waals surface area contributed by atoms with Gasteiger partial charge in [0, 0.05) is 29.8 Å². The Morgan fingerprint density at radius 3 is 2.37 bits per heavy atom. The first kappa shape index (κ1) is 29.1. The molecule has 202 valence electrons. The van der Waals surface area contributed by atoms with E-state index in [-0.39, 0.29) is 24.0 Å². The first-order valence-electron chi connectivity index (χ1n) is 11.8. The molecule has 0 fully saturated rings. The van der Waals surface area contributed by atoms with E-state index in [4.69, 9.17) is 16.3 Å². The van der Waals surface area contributed by atoms with E-state index >= 15 is 0 Å². The Labute approximate surface area is 227 Å². The molecule has 3 aromatic carbocycles. The maximum absolute atomic E-state index is 15.0. The minimum absolute atomic E-state index is 0.126. The van der Waals surface area contributed by atoms with Crippen LogP contribution in [0.4, 0.5) is 14.5 Å². The third-order valence-electron chi connectivity index (χ3n) is 5.71. The summed E-state index contributed by atoms with van der Waals surface area (Å²) in [4.78, 5) is 13.5. The third-order valence-corrected chi connectivity index (χ3v) is 7.86. The quantitative estimate of drug-likeness (QED) is 0.269. The first-order valence-corrected chi connectivity index (χ1v) is 13.6. The zero-order valence-corrected chi connectivity index (χ0v) is 23.1. The van der Waals surface area contributed by atoms with Gasteiger partial charge in [0.05, 0.1) is 23.2 Å². The molecule has 0 spiro atoms. The summed E-state index contributed by atoms with van der Waals surface area (Å²) in [6.45, 7) is 5.61. The highest BCUT2D eigenvalue weighted by molar-refractivity contribution is 7.92. The second-order valence-corrected chi connectivity index (χ2v) is 11.1. The number of para-hydroxylation sites is 1. The second-order valence-electron chi connectivity index (χ2n) is 8.89. The van der Waals surface area contributed by atoms with Crippen LogP contribution in [-0.2, 0) is 14.8 Å². The van der Waals surface area contributed by atoms with Crippen molar-refractivity contribution in [2.24, 2.45) is 0 Å². The number of carbonyl (C=O) groups is 1. The van der Waals surface area contributed by atoms with Crippen LogP contribution in [0.2, 0.25) is 5.02 Å². The lowest BCUT2D eigenvalue weighted by molar-refractivity contribution is -0.125. The number of anilines is 1. The van der Waals surface area contributed by atoms with Crippen LogP contribution in [0.25, 0.3) is 0 Å². The molecule has 0 bridgehead atoms. The summed E-state index contributed by atoms with van der Waals surface area (Å²) in [5, 5.41) is 0.326. The fourth-order valence-electron chi connectivity index (χ4n) is 3.76. The zero-order chi connectivity index (χ0) is 28.0. The molecule has 10 heteroatoms. The molecule has 0 aliphatic carbocycles. The van der Waals surface area contributed by atoms with E-state index < -0.39 is 33.4 Å². The predicted octanol–water partition coefficient (Wildman–Crippen LogP) is 6.38. The number of likely N-dealkylation sites (N-methyl/N-ethyl adjacent to an activating group) is 1. The molecule has 1 atom stereocenters. The number of benzene rings is 3. The smallest absolute Gasteiger partial charge is 0.264 e. The number of nitrogens with zero attached hydrogens (tertiary/aromatic N) is 2. The highest BCUT2D eigenvalue weighted by Gasteiger charge is 2.34. The number of carbonyl (C=O) groups excluding carboxylic acids is 1. The molecule has 0 aliphatic heterocycles. The summed E-state index contributed by atoms with van der Waals surface area (Å²) in [5.74, 6) is -1.53. The molecule has 0 aliphatic rings. The van der Waals surface area contributed by atoms with Crippen molar-refractivity contribution in [3.05, 3.63) is 101 Å². The number of amides is 1. The molecule has 6 nitrogen and oxygen atoms in total. The van der Waals surface area contributed by atoms with Crippen molar-refractivity contribution in [3.63, 3.8) is 0 Å². The predicted molar refractivity (Wildman–Crippen MR) is 145 cm³/mol. The Morgan fingerprint density at radius 1 is 1.05 bits per heavy atom. The van der Waals surface area contributed by atoms with Crippen molar-refractivity contribution < 1.29 is 26.7 Å². The average Bonchev–Trinajstić information content (AvgIpc) is 2.86. The highest BCUT2D eigenvalue weighted by atomic mass is 35.5. The molecular weight excluding hydrogens is 534 g/mol. The van der Waals surface area contributed by atoms with Gasteiger partial charge in [0.15, 0.2) is 0 Å². The number of sulfonamides is 1. The molecule has 38 heavy (non-hydrogen) atoms.